The van der Waals surface area contributed by atoms with Crippen molar-refractivity contribution in [2.45, 2.75) is 13.0 Å². The van der Waals surface area contributed by atoms with Gasteiger partial charge in [-0.15, -0.1) is 0 Å². The number of hydrogen-bond donors (Lipinski definition) is 1. The average molecular weight is 330 g/mol. The summed E-state index contributed by atoms with van der Waals surface area (Å²) in [5.41, 5.74) is 6.84. The van der Waals surface area contributed by atoms with Gasteiger partial charge in [0.1, 0.15) is 0 Å². The summed E-state index contributed by atoms with van der Waals surface area (Å²) in [5, 5.41) is 0. The lowest BCUT2D eigenvalue weighted by Crippen LogP contribution is -2.37. The lowest BCUT2D eigenvalue weighted by atomic mass is 10.1. The molecule has 2 N–H and O–H groups in total. The minimum atomic E-state index is -0.724. The Labute approximate surface area is 137 Å². The molecule has 8 heteroatoms. The van der Waals surface area contributed by atoms with E-state index in [1.54, 1.807) is 11.1 Å². The average Bonchev–Trinajstić information content (AvgIpc) is 2.60. The van der Waals surface area contributed by atoms with Crippen LogP contribution in [0, 0.1) is 5.82 Å². The topological polar surface area (TPSA) is 98.4 Å². The molecule has 0 radical (unpaired) electrons. The van der Waals surface area contributed by atoms with E-state index in [1.807, 2.05) is 0 Å². The number of fused-ring (bicyclic) bond motifs is 1. The predicted octanol–water partition coefficient (Wildman–Crippen LogP) is 0.922. The first-order valence-electron chi connectivity index (χ1n) is 7.27. The first kappa shape index (κ1) is 15.9. The van der Waals surface area contributed by atoms with Gasteiger partial charge in [-0.2, -0.15) is 0 Å². The number of benzene rings is 1. The van der Waals surface area contributed by atoms with Crippen LogP contribution in [0.2, 0.25) is 0 Å². The molecule has 0 saturated carbocycles. The van der Waals surface area contributed by atoms with Crippen molar-refractivity contribution in [3.63, 3.8) is 0 Å². The van der Waals surface area contributed by atoms with Crippen molar-refractivity contribution >= 4 is 11.8 Å². The molecule has 0 bridgehead atoms. The fraction of sp³-hybridized carbons (Fsp3) is 0.250. The zero-order valence-electron chi connectivity index (χ0n) is 13.0. The molecule has 1 aromatic heterocycles. The molecule has 1 aromatic carbocycles. The number of primary amides is 1. The highest BCUT2D eigenvalue weighted by Gasteiger charge is 2.24. The lowest BCUT2D eigenvalue weighted by Gasteiger charge is -2.28. The Morgan fingerprint density at radius 3 is 2.83 bits per heavy atom. The Hall–Kier alpha value is -3.03. The van der Waals surface area contributed by atoms with Gasteiger partial charge in [-0.25, -0.2) is 14.4 Å². The van der Waals surface area contributed by atoms with Crippen LogP contribution in [-0.4, -0.2) is 40.3 Å². The summed E-state index contributed by atoms with van der Waals surface area (Å²) >= 11 is 0. The monoisotopic (exact) mass is 330 g/mol. The fourth-order valence-electron chi connectivity index (χ4n) is 2.58. The molecule has 7 nitrogen and oxygen atoms in total. The second-order valence-corrected chi connectivity index (χ2v) is 5.36. The predicted molar refractivity (Wildman–Crippen MR) is 81.9 cm³/mol. The van der Waals surface area contributed by atoms with Crippen LogP contribution >= 0.6 is 0 Å². The first-order chi connectivity index (χ1) is 11.5. The van der Waals surface area contributed by atoms with Crippen LogP contribution in [0.25, 0.3) is 0 Å². The molecule has 0 saturated heterocycles. The number of amides is 2. The summed E-state index contributed by atoms with van der Waals surface area (Å²) in [7, 11) is 1.36. The molecule has 2 heterocycles. The summed E-state index contributed by atoms with van der Waals surface area (Å²) in [5.74, 6) is -1.65. The maximum atomic E-state index is 13.8. The quantitative estimate of drug-likeness (QED) is 0.902. The van der Waals surface area contributed by atoms with Crippen LogP contribution in [-0.2, 0) is 13.0 Å². The summed E-state index contributed by atoms with van der Waals surface area (Å²) in [6.45, 7) is 0.670. The number of carbonyl (C=O) groups is 2. The molecule has 0 aliphatic carbocycles. The van der Waals surface area contributed by atoms with Crippen molar-refractivity contribution in [2.24, 2.45) is 5.73 Å². The fourth-order valence-corrected chi connectivity index (χ4v) is 2.58. The normalized spacial score (nSPS) is 13.3. The van der Waals surface area contributed by atoms with Gasteiger partial charge in [0.15, 0.2) is 11.6 Å². The molecule has 3 rings (SSSR count). The van der Waals surface area contributed by atoms with Gasteiger partial charge in [-0.1, -0.05) is 0 Å². The van der Waals surface area contributed by atoms with E-state index in [-0.39, 0.29) is 29.6 Å². The SMILES string of the molecule is COc1ccc(C(=O)N2CCc3cnc(C(N)=O)nc3C2)cc1F. The van der Waals surface area contributed by atoms with E-state index >= 15 is 0 Å². The van der Waals surface area contributed by atoms with Gasteiger partial charge in [-0.05, 0) is 30.2 Å². The Balaban J connectivity index is 1.84. The highest BCUT2D eigenvalue weighted by atomic mass is 19.1. The molecule has 0 unspecified atom stereocenters. The maximum absolute atomic E-state index is 13.8. The molecule has 2 aromatic rings. The molecule has 0 spiro atoms. The number of aromatic nitrogens is 2. The number of nitrogens with two attached hydrogens (primary N) is 1. The second kappa shape index (κ2) is 6.23. The Kier molecular flexibility index (Phi) is 4.11. The van der Waals surface area contributed by atoms with E-state index in [0.717, 1.165) is 11.6 Å². The molecule has 1 aliphatic heterocycles. The molecular formula is C16H15FN4O3. The van der Waals surface area contributed by atoms with Gasteiger partial charge in [-0.3, -0.25) is 9.59 Å². The van der Waals surface area contributed by atoms with E-state index in [1.165, 1.54) is 19.2 Å². The van der Waals surface area contributed by atoms with Crippen LogP contribution in [0.3, 0.4) is 0 Å². The van der Waals surface area contributed by atoms with Gasteiger partial charge in [0.05, 0.1) is 19.3 Å². The maximum Gasteiger partial charge on any atom is 0.286 e. The van der Waals surface area contributed by atoms with Gasteiger partial charge in [0, 0.05) is 18.3 Å². The summed E-state index contributed by atoms with van der Waals surface area (Å²) in [4.78, 5) is 33.3. The zero-order chi connectivity index (χ0) is 17.3. The van der Waals surface area contributed by atoms with Crippen LogP contribution in [0.15, 0.2) is 24.4 Å². The van der Waals surface area contributed by atoms with E-state index in [0.29, 0.717) is 18.7 Å². The second-order valence-electron chi connectivity index (χ2n) is 5.36. The van der Waals surface area contributed by atoms with Crippen molar-refractivity contribution in [1.82, 2.24) is 14.9 Å². The number of halogens is 1. The third-order valence-electron chi connectivity index (χ3n) is 3.85. The van der Waals surface area contributed by atoms with Crippen LogP contribution in [0.1, 0.15) is 32.2 Å². The molecule has 2 amide bonds. The third kappa shape index (κ3) is 2.90. The zero-order valence-corrected chi connectivity index (χ0v) is 13.0. The van der Waals surface area contributed by atoms with E-state index in [4.69, 9.17) is 10.5 Å². The number of ether oxygens (including phenoxy) is 1. The summed E-state index contributed by atoms with van der Waals surface area (Å²) < 4.78 is 18.6. The molecule has 124 valence electrons. The molecular weight excluding hydrogens is 315 g/mol. The van der Waals surface area contributed by atoms with Gasteiger partial charge >= 0.3 is 0 Å². The summed E-state index contributed by atoms with van der Waals surface area (Å²) in [6, 6.07) is 4.06. The van der Waals surface area contributed by atoms with Crippen molar-refractivity contribution in [2.75, 3.05) is 13.7 Å². The Bertz CT molecular complexity index is 825. The van der Waals surface area contributed by atoms with Crippen LogP contribution in [0.5, 0.6) is 5.75 Å². The standard InChI is InChI=1S/C16H15FN4O3/c1-24-13-3-2-9(6-11(13)17)16(23)21-5-4-10-7-19-15(14(18)22)20-12(10)8-21/h2-3,6-7H,4-5,8H2,1H3,(H2,18,22). The summed E-state index contributed by atoms with van der Waals surface area (Å²) in [6.07, 6.45) is 2.11. The lowest BCUT2D eigenvalue weighted by molar-refractivity contribution is 0.0731. The first-order valence-corrected chi connectivity index (χ1v) is 7.27. The molecule has 0 fully saturated rings. The van der Waals surface area contributed by atoms with Crippen LogP contribution in [0.4, 0.5) is 4.39 Å². The number of nitrogens with zero attached hydrogens (tertiary/aromatic N) is 3. The Morgan fingerprint density at radius 1 is 1.38 bits per heavy atom. The number of methoxy groups -OCH3 is 1. The third-order valence-corrected chi connectivity index (χ3v) is 3.85. The van der Waals surface area contributed by atoms with E-state index in [9.17, 15) is 14.0 Å². The Morgan fingerprint density at radius 2 is 2.17 bits per heavy atom. The van der Waals surface area contributed by atoms with Crippen molar-refractivity contribution < 1.29 is 18.7 Å². The molecule has 0 atom stereocenters. The largest absolute Gasteiger partial charge is 0.494 e. The highest BCUT2D eigenvalue weighted by molar-refractivity contribution is 5.94. The van der Waals surface area contributed by atoms with Crippen LogP contribution < -0.4 is 10.5 Å². The number of rotatable bonds is 3. The molecule has 1 aliphatic rings. The minimum absolute atomic E-state index is 0.0781. The molecule has 24 heavy (non-hydrogen) atoms. The number of hydrogen-bond acceptors (Lipinski definition) is 5. The van der Waals surface area contributed by atoms with Gasteiger partial charge < -0.3 is 15.4 Å². The van der Waals surface area contributed by atoms with Crippen molar-refractivity contribution in [3.05, 3.63) is 52.9 Å². The van der Waals surface area contributed by atoms with Gasteiger partial charge in [0.2, 0.25) is 5.82 Å². The van der Waals surface area contributed by atoms with Crippen molar-refractivity contribution in [3.8, 4) is 5.75 Å². The minimum Gasteiger partial charge on any atom is -0.494 e. The van der Waals surface area contributed by atoms with E-state index in [2.05, 4.69) is 9.97 Å². The van der Waals surface area contributed by atoms with Crippen molar-refractivity contribution in [1.29, 1.82) is 0 Å². The van der Waals surface area contributed by atoms with Gasteiger partial charge in [0.25, 0.3) is 11.8 Å². The number of carbonyl (C=O) groups excluding carboxylic acids is 2. The highest BCUT2D eigenvalue weighted by Crippen LogP contribution is 2.22. The van der Waals surface area contributed by atoms with E-state index < -0.39 is 11.7 Å². The smallest absolute Gasteiger partial charge is 0.286 e.